The summed E-state index contributed by atoms with van der Waals surface area (Å²) in [6, 6.07) is 6.94. The highest BCUT2D eigenvalue weighted by Gasteiger charge is 2.25. The van der Waals surface area contributed by atoms with E-state index in [1.54, 1.807) is 11.3 Å². The zero-order valence-corrected chi connectivity index (χ0v) is 18.4. The number of benzene rings is 1. The number of likely N-dealkylation sites (N-methyl/N-ethyl adjacent to an activating group) is 1. The second-order valence-corrected chi connectivity index (χ2v) is 9.94. The largest absolute Gasteiger partial charge is 0.481 e. The van der Waals surface area contributed by atoms with Crippen LogP contribution in [0.3, 0.4) is 0 Å². The average molecular weight is 413 g/mol. The maximum absolute atomic E-state index is 10.8. The highest BCUT2D eigenvalue weighted by molar-refractivity contribution is 7.10. The molecule has 0 radical (unpaired) electrons. The summed E-state index contributed by atoms with van der Waals surface area (Å²) in [5, 5.41) is 12.4. The van der Waals surface area contributed by atoms with Crippen molar-refractivity contribution in [2.24, 2.45) is 5.92 Å². The van der Waals surface area contributed by atoms with Gasteiger partial charge in [0.05, 0.1) is 10.7 Å². The van der Waals surface area contributed by atoms with Crippen LogP contribution < -0.4 is 0 Å². The number of carboxylic acid groups (broad SMARTS) is 1. The molecule has 1 fully saturated rings. The van der Waals surface area contributed by atoms with E-state index < -0.39 is 5.97 Å². The van der Waals surface area contributed by atoms with Crippen molar-refractivity contribution in [2.75, 3.05) is 20.1 Å². The van der Waals surface area contributed by atoms with Crippen LogP contribution in [0.15, 0.2) is 23.6 Å². The monoisotopic (exact) mass is 412 g/mol. The summed E-state index contributed by atoms with van der Waals surface area (Å²) >= 11 is 1.80. The third-order valence-electron chi connectivity index (χ3n) is 6.80. The van der Waals surface area contributed by atoms with Gasteiger partial charge in [-0.15, -0.1) is 11.3 Å². The molecule has 1 aromatic heterocycles. The van der Waals surface area contributed by atoms with Crippen molar-refractivity contribution in [1.82, 2.24) is 9.88 Å². The highest BCUT2D eigenvalue weighted by Crippen LogP contribution is 2.40. The Morgan fingerprint density at radius 2 is 2.07 bits per heavy atom. The van der Waals surface area contributed by atoms with Crippen LogP contribution in [0.2, 0.25) is 0 Å². The molecule has 5 heteroatoms. The minimum Gasteiger partial charge on any atom is -0.481 e. The number of fused-ring (bicyclic) bond motifs is 1. The van der Waals surface area contributed by atoms with Crippen molar-refractivity contribution in [3.05, 3.63) is 39.7 Å². The molecule has 4 nitrogen and oxygen atoms in total. The molecule has 1 N–H and O–H groups in total. The third-order valence-corrected chi connectivity index (χ3v) is 7.81. The van der Waals surface area contributed by atoms with Crippen molar-refractivity contribution < 1.29 is 9.90 Å². The molecule has 2 aromatic rings. The Kier molecular flexibility index (Phi) is 6.35. The van der Waals surface area contributed by atoms with Gasteiger partial charge in [-0.1, -0.05) is 19.1 Å². The number of hydrogen-bond acceptors (Lipinski definition) is 4. The van der Waals surface area contributed by atoms with Gasteiger partial charge in [-0.25, -0.2) is 4.98 Å². The van der Waals surface area contributed by atoms with E-state index in [1.807, 2.05) is 0 Å². The first-order chi connectivity index (χ1) is 14.0. The molecule has 0 bridgehead atoms. The van der Waals surface area contributed by atoms with E-state index in [4.69, 9.17) is 10.1 Å². The van der Waals surface area contributed by atoms with Gasteiger partial charge in [0.15, 0.2) is 0 Å². The highest BCUT2D eigenvalue weighted by atomic mass is 32.1. The molecule has 1 aliphatic heterocycles. The van der Waals surface area contributed by atoms with Gasteiger partial charge in [-0.2, -0.15) is 0 Å². The van der Waals surface area contributed by atoms with E-state index in [0.29, 0.717) is 24.2 Å². The van der Waals surface area contributed by atoms with Crippen molar-refractivity contribution in [2.45, 2.75) is 63.7 Å². The van der Waals surface area contributed by atoms with Crippen molar-refractivity contribution in [3.8, 4) is 11.3 Å². The Morgan fingerprint density at radius 3 is 2.83 bits per heavy atom. The predicted molar refractivity (Wildman–Crippen MR) is 119 cm³/mol. The van der Waals surface area contributed by atoms with E-state index in [9.17, 15) is 4.79 Å². The van der Waals surface area contributed by atoms with Crippen molar-refractivity contribution in [3.63, 3.8) is 0 Å². The van der Waals surface area contributed by atoms with Crippen LogP contribution >= 0.6 is 11.3 Å². The third kappa shape index (κ3) is 4.89. The average Bonchev–Trinajstić information content (AvgIpc) is 3.16. The maximum Gasteiger partial charge on any atom is 0.303 e. The van der Waals surface area contributed by atoms with Gasteiger partial charge in [0.25, 0.3) is 0 Å². The lowest BCUT2D eigenvalue weighted by Gasteiger charge is -2.26. The first kappa shape index (κ1) is 20.5. The number of hydrogen-bond donors (Lipinski definition) is 1. The van der Waals surface area contributed by atoms with Crippen molar-refractivity contribution >= 4 is 17.3 Å². The van der Waals surface area contributed by atoms with Crippen LogP contribution in [0, 0.1) is 5.92 Å². The van der Waals surface area contributed by atoms with E-state index in [-0.39, 0.29) is 0 Å². The lowest BCUT2D eigenvalue weighted by molar-refractivity contribution is -0.137. The summed E-state index contributed by atoms with van der Waals surface area (Å²) in [6.45, 7) is 4.57. The lowest BCUT2D eigenvalue weighted by atomic mass is 9.80. The molecule has 0 saturated heterocycles. The standard InChI is InChI=1S/C24H32N2O2S/c1-16-14-26(2)12-11-19-13-20(8-9-21(16)19)22-15-29-24(25-22)18-6-3-17(4-7-18)5-10-23(27)28/h8-9,13,15-18H,3-7,10-12,14H2,1-2H3,(H,27,28). The second-order valence-electron chi connectivity index (χ2n) is 9.05. The zero-order valence-electron chi connectivity index (χ0n) is 17.6. The predicted octanol–water partition coefficient (Wildman–Crippen LogP) is 5.54. The first-order valence-corrected chi connectivity index (χ1v) is 11.9. The van der Waals surface area contributed by atoms with Crippen molar-refractivity contribution in [1.29, 1.82) is 0 Å². The summed E-state index contributed by atoms with van der Waals surface area (Å²) in [5.74, 6) is 1.03. The summed E-state index contributed by atoms with van der Waals surface area (Å²) in [4.78, 5) is 18.2. The van der Waals surface area contributed by atoms with Crippen LogP contribution in [0.4, 0.5) is 0 Å². The molecule has 1 unspecified atom stereocenters. The molecule has 1 aliphatic carbocycles. The number of nitrogens with zero attached hydrogens (tertiary/aromatic N) is 2. The fourth-order valence-corrected chi connectivity index (χ4v) is 6.06. The van der Waals surface area contributed by atoms with E-state index >= 15 is 0 Å². The molecular formula is C24H32N2O2S. The molecule has 1 atom stereocenters. The summed E-state index contributed by atoms with van der Waals surface area (Å²) in [7, 11) is 2.21. The molecule has 2 aliphatic rings. The van der Waals surface area contributed by atoms with Crippen LogP contribution in [0.25, 0.3) is 11.3 Å². The van der Waals surface area contributed by atoms with Crippen LogP contribution in [0.1, 0.15) is 73.4 Å². The number of rotatable bonds is 5. The van der Waals surface area contributed by atoms with Crippen LogP contribution in [-0.2, 0) is 11.2 Å². The molecule has 0 amide bonds. The molecular weight excluding hydrogens is 380 g/mol. The van der Waals surface area contributed by atoms with E-state index in [2.05, 4.69) is 42.5 Å². The van der Waals surface area contributed by atoms with Crippen LogP contribution in [0.5, 0.6) is 0 Å². The second kappa shape index (κ2) is 8.97. The fourth-order valence-electron chi connectivity index (χ4n) is 5.06. The molecule has 156 valence electrons. The number of carboxylic acids is 1. The van der Waals surface area contributed by atoms with Gasteiger partial charge in [-0.05, 0) is 74.6 Å². The molecule has 4 rings (SSSR count). The molecule has 0 spiro atoms. The number of carbonyl (C=O) groups is 1. The normalized spacial score (nSPS) is 25.4. The Hall–Kier alpha value is -1.72. The van der Waals surface area contributed by atoms with Gasteiger partial charge in [-0.3, -0.25) is 4.79 Å². The van der Waals surface area contributed by atoms with Gasteiger partial charge in [0.1, 0.15) is 0 Å². The van der Waals surface area contributed by atoms with Gasteiger partial charge in [0, 0.05) is 36.4 Å². The Morgan fingerprint density at radius 1 is 1.28 bits per heavy atom. The smallest absolute Gasteiger partial charge is 0.303 e. The minimum absolute atomic E-state index is 0.309. The zero-order chi connectivity index (χ0) is 20.4. The Balaban J connectivity index is 1.43. The first-order valence-electron chi connectivity index (χ1n) is 11.0. The Bertz CT molecular complexity index is 854. The number of aromatic nitrogens is 1. The quantitative estimate of drug-likeness (QED) is 0.700. The minimum atomic E-state index is -0.668. The van der Waals surface area contributed by atoms with Crippen LogP contribution in [-0.4, -0.2) is 41.1 Å². The lowest BCUT2D eigenvalue weighted by Crippen LogP contribution is -2.22. The maximum atomic E-state index is 10.8. The summed E-state index contributed by atoms with van der Waals surface area (Å²) in [6.07, 6.45) is 6.81. The Labute approximate surface area is 178 Å². The molecule has 1 saturated carbocycles. The van der Waals surface area contributed by atoms with Gasteiger partial charge >= 0.3 is 5.97 Å². The fraction of sp³-hybridized carbons (Fsp3) is 0.583. The molecule has 2 heterocycles. The number of aliphatic carboxylic acids is 1. The summed E-state index contributed by atoms with van der Waals surface area (Å²) < 4.78 is 0. The number of thiazole rings is 1. The summed E-state index contributed by atoms with van der Waals surface area (Å²) in [5.41, 5.74) is 5.34. The van der Waals surface area contributed by atoms with Gasteiger partial charge < -0.3 is 10.0 Å². The molecule has 29 heavy (non-hydrogen) atoms. The molecule has 1 aromatic carbocycles. The topological polar surface area (TPSA) is 53.4 Å². The van der Waals surface area contributed by atoms with Gasteiger partial charge in [0.2, 0.25) is 0 Å². The van der Waals surface area contributed by atoms with E-state index in [0.717, 1.165) is 57.3 Å². The SMILES string of the molecule is CC1CN(C)CCc2cc(-c3csc(C4CCC(CCC(=O)O)CC4)n3)ccc21. The van der Waals surface area contributed by atoms with E-state index in [1.165, 1.54) is 21.7 Å².